The first kappa shape index (κ1) is 16.7. The van der Waals surface area contributed by atoms with Crippen molar-refractivity contribution in [1.82, 2.24) is 0 Å². The number of hydrogen-bond acceptors (Lipinski definition) is 2. The zero-order valence-electron chi connectivity index (χ0n) is 12.2. The second kappa shape index (κ2) is 10.4. The molecule has 0 radical (unpaired) electrons. The number of carbonyl (C=O) groups is 1. The summed E-state index contributed by atoms with van der Waals surface area (Å²) in [4.78, 5) is 10.7. The van der Waals surface area contributed by atoms with Gasteiger partial charge < -0.3 is 10.2 Å². The third kappa shape index (κ3) is 7.29. The zero-order chi connectivity index (χ0) is 14.6. The van der Waals surface area contributed by atoms with Gasteiger partial charge >= 0.3 is 5.97 Å². The molecule has 0 aliphatic heterocycles. The minimum atomic E-state index is -0.863. The fourth-order valence-corrected chi connectivity index (χ4v) is 2.32. The summed E-state index contributed by atoms with van der Waals surface area (Å²) in [5, 5.41) is 17.5. The molecule has 0 fully saturated rings. The summed E-state index contributed by atoms with van der Waals surface area (Å²) in [6, 6.07) is 7.19. The Balaban J connectivity index is 2.02. The van der Waals surface area contributed by atoms with Crippen LogP contribution in [0.25, 0.3) is 0 Å². The monoisotopic (exact) mass is 278 g/mol. The van der Waals surface area contributed by atoms with Gasteiger partial charge in [0.1, 0.15) is 0 Å². The van der Waals surface area contributed by atoms with Crippen LogP contribution in [0.5, 0.6) is 0 Å². The number of rotatable bonds is 11. The van der Waals surface area contributed by atoms with E-state index in [1.54, 1.807) is 12.1 Å². The highest BCUT2D eigenvalue weighted by molar-refractivity contribution is 5.87. The Hall–Kier alpha value is -1.35. The Morgan fingerprint density at radius 1 is 0.800 bits per heavy atom. The van der Waals surface area contributed by atoms with Gasteiger partial charge in [-0.05, 0) is 37.0 Å². The number of benzene rings is 1. The van der Waals surface area contributed by atoms with Crippen LogP contribution in [0.4, 0.5) is 0 Å². The van der Waals surface area contributed by atoms with Gasteiger partial charge in [0.25, 0.3) is 0 Å². The number of carboxylic acids is 1. The second-order valence-electron chi connectivity index (χ2n) is 5.30. The zero-order valence-corrected chi connectivity index (χ0v) is 12.2. The molecular weight excluding hydrogens is 252 g/mol. The summed E-state index contributed by atoms with van der Waals surface area (Å²) in [7, 11) is 0. The molecule has 20 heavy (non-hydrogen) atoms. The van der Waals surface area contributed by atoms with Gasteiger partial charge in [0.05, 0.1) is 5.56 Å². The minimum Gasteiger partial charge on any atom is -0.478 e. The molecule has 0 heterocycles. The lowest BCUT2D eigenvalue weighted by Gasteiger charge is -2.03. The van der Waals surface area contributed by atoms with E-state index in [1.165, 1.54) is 44.1 Å². The van der Waals surface area contributed by atoms with Gasteiger partial charge in [-0.15, -0.1) is 0 Å². The topological polar surface area (TPSA) is 57.5 Å². The highest BCUT2D eigenvalue weighted by atomic mass is 16.4. The van der Waals surface area contributed by atoms with Crippen LogP contribution in [0, 0.1) is 0 Å². The van der Waals surface area contributed by atoms with Crippen LogP contribution in [-0.4, -0.2) is 22.8 Å². The van der Waals surface area contributed by atoms with E-state index in [9.17, 15) is 4.79 Å². The van der Waals surface area contributed by atoms with Gasteiger partial charge in [-0.2, -0.15) is 0 Å². The number of aryl methyl sites for hydroxylation is 1. The van der Waals surface area contributed by atoms with Crippen LogP contribution in [-0.2, 0) is 6.42 Å². The molecule has 0 aliphatic rings. The van der Waals surface area contributed by atoms with Crippen molar-refractivity contribution in [3.63, 3.8) is 0 Å². The van der Waals surface area contributed by atoms with E-state index in [0.717, 1.165) is 19.3 Å². The van der Waals surface area contributed by atoms with Crippen molar-refractivity contribution in [1.29, 1.82) is 0 Å². The van der Waals surface area contributed by atoms with Gasteiger partial charge in [0.15, 0.2) is 0 Å². The molecule has 0 atom stereocenters. The average Bonchev–Trinajstić information content (AvgIpc) is 2.46. The average molecular weight is 278 g/mol. The SMILES string of the molecule is O=C(O)c1ccc(CCCCCCCCCCO)cc1. The van der Waals surface area contributed by atoms with Crippen LogP contribution < -0.4 is 0 Å². The van der Waals surface area contributed by atoms with E-state index in [-0.39, 0.29) is 0 Å². The molecule has 3 nitrogen and oxygen atoms in total. The lowest BCUT2D eigenvalue weighted by Crippen LogP contribution is -1.96. The fraction of sp³-hybridized carbons (Fsp3) is 0.588. The Labute approximate surface area is 121 Å². The van der Waals surface area contributed by atoms with E-state index in [2.05, 4.69) is 0 Å². The molecule has 0 saturated heterocycles. The predicted molar refractivity (Wildman–Crippen MR) is 81.1 cm³/mol. The van der Waals surface area contributed by atoms with E-state index in [1.807, 2.05) is 12.1 Å². The van der Waals surface area contributed by atoms with E-state index < -0.39 is 5.97 Å². The molecule has 1 rings (SSSR count). The number of hydrogen-bond donors (Lipinski definition) is 2. The molecule has 1 aromatic rings. The van der Waals surface area contributed by atoms with Crippen LogP contribution in [0.3, 0.4) is 0 Å². The molecular formula is C17H26O3. The first-order valence-electron chi connectivity index (χ1n) is 7.67. The lowest BCUT2D eigenvalue weighted by molar-refractivity contribution is 0.0697. The molecule has 0 bridgehead atoms. The van der Waals surface area contributed by atoms with E-state index >= 15 is 0 Å². The number of unbranched alkanes of at least 4 members (excludes halogenated alkanes) is 7. The summed E-state index contributed by atoms with van der Waals surface area (Å²) < 4.78 is 0. The van der Waals surface area contributed by atoms with Gasteiger partial charge in [0.2, 0.25) is 0 Å². The van der Waals surface area contributed by atoms with Gasteiger partial charge in [-0.25, -0.2) is 4.79 Å². The molecule has 0 aliphatic carbocycles. The number of aliphatic hydroxyl groups is 1. The summed E-state index contributed by atoms with van der Waals surface area (Å²) in [6.07, 6.45) is 10.6. The second-order valence-corrected chi connectivity index (χ2v) is 5.30. The minimum absolute atomic E-state index is 0.320. The number of carboxylic acid groups (broad SMARTS) is 1. The summed E-state index contributed by atoms with van der Waals surface area (Å²) in [5.41, 5.74) is 1.58. The van der Waals surface area contributed by atoms with Gasteiger partial charge in [0, 0.05) is 6.61 Å². The molecule has 1 aromatic carbocycles. The molecule has 112 valence electrons. The van der Waals surface area contributed by atoms with Crippen molar-refractivity contribution < 1.29 is 15.0 Å². The van der Waals surface area contributed by atoms with Crippen LogP contribution in [0.1, 0.15) is 67.3 Å². The third-order valence-corrected chi connectivity index (χ3v) is 3.57. The lowest BCUT2D eigenvalue weighted by atomic mass is 10.0. The third-order valence-electron chi connectivity index (χ3n) is 3.57. The van der Waals surface area contributed by atoms with Crippen LogP contribution in [0.2, 0.25) is 0 Å². The van der Waals surface area contributed by atoms with Crippen molar-refractivity contribution in [2.45, 2.75) is 57.8 Å². The number of aromatic carboxylic acids is 1. The molecule has 0 saturated carbocycles. The van der Waals surface area contributed by atoms with Crippen LogP contribution >= 0.6 is 0 Å². The van der Waals surface area contributed by atoms with Crippen molar-refractivity contribution >= 4 is 5.97 Å². The van der Waals surface area contributed by atoms with Crippen molar-refractivity contribution in [3.8, 4) is 0 Å². The Morgan fingerprint density at radius 2 is 1.30 bits per heavy atom. The normalized spacial score (nSPS) is 10.7. The molecule has 2 N–H and O–H groups in total. The maximum absolute atomic E-state index is 10.7. The van der Waals surface area contributed by atoms with E-state index in [0.29, 0.717) is 12.2 Å². The predicted octanol–water partition coefficient (Wildman–Crippen LogP) is 4.04. The fourth-order valence-electron chi connectivity index (χ4n) is 2.32. The Bertz CT molecular complexity index is 370. The van der Waals surface area contributed by atoms with Crippen molar-refractivity contribution in [2.24, 2.45) is 0 Å². The highest BCUT2D eigenvalue weighted by Crippen LogP contribution is 2.12. The number of aliphatic hydroxyl groups excluding tert-OH is 1. The van der Waals surface area contributed by atoms with Crippen molar-refractivity contribution in [3.05, 3.63) is 35.4 Å². The van der Waals surface area contributed by atoms with Gasteiger partial charge in [-0.1, -0.05) is 50.7 Å². The maximum atomic E-state index is 10.7. The smallest absolute Gasteiger partial charge is 0.335 e. The largest absolute Gasteiger partial charge is 0.478 e. The first-order valence-corrected chi connectivity index (χ1v) is 7.67. The maximum Gasteiger partial charge on any atom is 0.335 e. The summed E-state index contributed by atoms with van der Waals surface area (Å²) in [5.74, 6) is -0.863. The quantitative estimate of drug-likeness (QED) is 0.601. The molecule has 0 aromatic heterocycles. The van der Waals surface area contributed by atoms with Crippen molar-refractivity contribution in [2.75, 3.05) is 6.61 Å². The first-order chi connectivity index (χ1) is 9.74. The highest BCUT2D eigenvalue weighted by Gasteiger charge is 2.01. The van der Waals surface area contributed by atoms with E-state index in [4.69, 9.17) is 10.2 Å². The molecule has 0 spiro atoms. The Kier molecular flexibility index (Phi) is 8.72. The Morgan fingerprint density at radius 3 is 1.80 bits per heavy atom. The molecule has 3 heteroatoms. The van der Waals surface area contributed by atoms with Crippen LogP contribution in [0.15, 0.2) is 24.3 Å². The van der Waals surface area contributed by atoms with Gasteiger partial charge in [-0.3, -0.25) is 0 Å². The summed E-state index contributed by atoms with van der Waals surface area (Å²) in [6.45, 7) is 0.320. The molecule has 0 amide bonds. The summed E-state index contributed by atoms with van der Waals surface area (Å²) >= 11 is 0. The standard InChI is InChI=1S/C17H26O3/c18-14-8-6-4-2-1-3-5-7-9-15-10-12-16(13-11-15)17(19)20/h10-13,18H,1-9,14H2,(H,19,20). The molecule has 0 unspecified atom stereocenters.